The molecule has 0 atom stereocenters. The van der Waals surface area contributed by atoms with Gasteiger partial charge in [0.15, 0.2) is 11.5 Å². The van der Waals surface area contributed by atoms with Crippen LogP contribution < -0.4 is 25.2 Å². The number of amides is 1. The minimum Gasteiger partial charge on any atom is -0.506 e. The summed E-state index contributed by atoms with van der Waals surface area (Å²) in [5.41, 5.74) is 1.21. The van der Waals surface area contributed by atoms with Crippen molar-refractivity contribution in [3.05, 3.63) is 52.3 Å². The Morgan fingerprint density at radius 1 is 1.03 bits per heavy atom. The van der Waals surface area contributed by atoms with Gasteiger partial charge in [0.25, 0.3) is 11.5 Å². The molecule has 1 amide bonds. The van der Waals surface area contributed by atoms with Gasteiger partial charge in [-0.3, -0.25) is 9.59 Å². The van der Waals surface area contributed by atoms with Crippen molar-refractivity contribution in [3.63, 3.8) is 0 Å². The Labute approximate surface area is 178 Å². The number of aromatic hydroxyl groups is 1. The SMILES string of the molecule is Cn1c(=O)c(C(=O)Nc2ccc(N3CCCCC3)cc2)c(O)c2cc3c(cc21)OCO3. The number of piperidine rings is 1. The van der Waals surface area contributed by atoms with Crippen molar-refractivity contribution >= 4 is 28.2 Å². The number of hydrogen-bond acceptors (Lipinski definition) is 6. The number of carbonyl (C=O) groups is 1. The van der Waals surface area contributed by atoms with Gasteiger partial charge < -0.3 is 29.4 Å². The number of anilines is 2. The second-order valence-electron chi connectivity index (χ2n) is 7.86. The Kier molecular flexibility index (Phi) is 4.69. The van der Waals surface area contributed by atoms with Gasteiger partial charge in [0, 0.05) is 43.0 Å². The number of aromatic nitrogens is 1. The first-order chi connectivity index (χ1) is 15.0. The van der Waals surface area contributed by atoms with Crippen molar-refractivity contribution < 1.29 is 19.4 Å². The summed E-state index contributed by atoms with van der Waals surface area (Å²) in [4.78, 5) is 28.1. The lowest BCUT2D eigenvalue weighted by Crippen LogP contribution is -2.29. The van der Waals surface area contributed by atoms with Crippen LogP contribution in [-0.2, 0) is 7.05 Å². The highest BCUT2D eigenvalue weighted by atomic mass is 16.7. The van der Waals surface area contributed by atoms with Crippen molar-refractivity contribution in [1.82, 2.24) is 4.57 Å². The highest BCUT2D eigenvalue weighted by molar-refractivity contribution is 6.09. The minimum atomic E-state index is -0.664. The fraction of sp³-hybridized carbons (Fsp3) is 0.304. The molecule has 0 saturated carbocycles. The summed E-state index contributed by atoms with van der Waals surface area (Å²) in [6.07, 6.45) is 3.63. The molecule has 31 heavy (non-hydrogen) atoms. The molecule has 3 aromatic rings. The molecule has 0 radical (unpaired) electrons. The largest absolute Gasteiger partial charge is 0.506 e. The molecule has 0 bridgehead atoms. The van der Waals surface area contributed by atoms with Crippen LogP contribution in [0.4, 0.5) is 11.4 Å². The quantitative estimate of drug-likeness (QED) is 0.675. The molecule has 3 heterocycles. The van der Waals surface area contributed by atoms with Crippen LogP contribution in [0.5, 0.6) is 17.2 Å². The molecule has 5 rings (SSSR count). The molecule has 2 aliphatic rings. The lowest BCUT2D eigenvalue weighted by molar-refractivity contribution is 0.102. The van der Waals surface area contributed by atoms with Crippen LogP contribution in [0.25, 0.3) is 10.9 Å². The summed E-state index contributed by atoms with van der Waals surface area (Å²) in [6.45, 7) is 2.14. The van der Waals surface area contributed by atoms with E-state index in [1.165, 1.54) is 23.8 Å². The van der Waals surface area contributed by atoms with E-state index < -0.39 is 11.5 Å². The van der Waals surface area contributed by atoms with Crippen LogP contribution in [0, 0.1) is 0 Å². The third-order valence-corrected chi connectivity index (χ3v) is 5.94. The number of carbonyl (C=O) groups excluding carboxylic acids is 1. The summed E-state index contributed by atoms with van der Waals surface area (Å²) in [6, 6.07) is 10.7. The second kappa shape index (κ2) is 7.54. The van der Waals surface area contributed by atoms with Gasteiger partial charge in [-0.2, -0.15) is 0 Å². The van der Waals surface area contributed by atoms with E-state index >= 15 is 0 Å². The zero-order valence-electron chi connectivity index (χ0n) is 17.2. The van der Waals surface area contributed by atoms with E-state index in [0.717, 1.165) is 18.8 Å². The third-order valence-electron chi connectivity index (χ3n) is 5.94. The van der Waals surface area contributed by atoms with Gasteiger partial charge in [-0.05, 0) is 49.6 Å². The lowest BCUT2D eigenvalue weighted by atomic mass is 10.1. The van der Waals surface area contributed by atoms with Crippen LogP contribution >= 0.6 is 0 Å². The maximum atomic E-state index is 12.9. The molecular weight excluding hydrogens is 398 g/mol. The van der Waals surface area contributed by atoms with E-state index in [-0.39, 0.29) is 18.1 Å². The molecule has 2 aromatic carbocycles. The number of nitrogens with one attached hydrogen (secondary N) is 1. The average Bonchev–Trinajstić information content (AvgIpc) is 3.25. The number of nitrogens with zero attached hydrogens (tertiary/aromatic N) is 2. The van der Waals surface area contributed by atoms with Crippen LogP contribution in [0.1, 0.15) is 29.6 Å². The summed E-state index contributed by atoms with van der Waals surface area (Å²) < 4.78 is 12.0. The molecule has 160 valence electrons. The fourth-order valence-corrected chi connectivity index (χ4v) is 4.22. The normalized spacial score (nSPS) is 15.3. The van der Waals surface area contributed by atoms with Gasteiger partial charge in [0.2, 0.25) is 6.79 Å². The van der Waals surface area contributed by atoms with Crippen molar-refractivity contribution in [1.29, 1.82) is 0 Å². The second-order valence-corrected chi connectivity index (χ2v) is 7.86. The maximum absolute atomic E-state index is 12.9. The number of fused-ring (bicyclic) bond motifs is 2. The van der Waals surface area contributed by atoms with Gasteiger partial charge in [-0.25, -0.2) is 0 Å². The summed E-state index contributed by atoms with van der Waals surface area (Å²) >= 11 is 0. The van der Waals surface area contributed by atoms with Crippen LogP contribution in [0.2, 0.25) is 0 Å². The highest BCUT2D eigenvalue weighted by Crippen LogP contribution is 2.39. The Bertz CT molecular complexity index is 1230. The van der Waals surface area contributed by atoms with Gasteiger partial charge in [0.1, 0.15) is 11.3 Å². The number of hydrogen-bond donors (Lipinski definition) is 2. The zero-order chi connectivity index (χ0) is 21.5. The van der Waals surface area contributed by atoms with Crippen molar-refractivity contribution in [2.45, 2.75) is 19.3 Å². The van der Waals surface area contributed by atoms with E-state index in [4.69, 9.17) is 9.47 Å². The summed E-state index contributed by atoms with van der Waals surface area (Å²) in [7, 11) is 1.55. The van der Waals surface area contributed by atoms with E-state index in [9.17, 15) is 14.7 Å². The van der Waals surface area contributed by atoms with Crippen LogP contribution in [0.15, 0.2) is 41.2 Å². The Hall–Kier alpha value is -3.68. The van der Waals surface area contributed by atoms with E-state index in [2.05, 4.69) is 10.2 Å². The predicted octanol–water partition coefficient (Wildman–Crippen LogP) is 3.22. The molecule has 0 unspecified atom stereocenters. The molecule has 1 saturated heterocycles. The van der Waals surface area contributed by atoms with Gasteiger partial charge in [-0.15, -0.1) is 0 Å². The molecule has 1 fully saturated rings. The summed E-state index contributed by atoms with van der Waals surface area (Å²) in [5.74, 6) is -0.0868. The number of pyridine rings is 1. The first-order valence-corrected chi connectivity index (χ1v) is 10.3. The molecular formula is C23H23N3O5. The van der Waals surface area contributed by atoms with Gasteiger partial charge in [0.05, 0.1) is 5.52 Å². The van der Waals surface area contributed by atoms with Crippen molar-refractivity contribution in [3.8, 4) is 17.2 Å². The number of benzene rings is 2. The molecule has 2 N–H and O–H groups in total. The molecule has 2 aliphatic heterocycles. The Morgan fingerprint density at radius 2 is 1.71 bits per heavy atom. The first-order valence-electron chi connectivity index (χ1n) is 10.3. The standard InChI is InChI=1S/C23H23N3O5/c1-25-17-12-19-18(30-13-31-19)11-16(17)21(27)20(23(25)29)22(28)24-14-5-7-15(8-6-14)26-9-3-2-4-10-26/h5-8,11-12,27H,2-4,9-10,13H2,1H3,(H,24,28). The Balaban J connectivity index is 1.45. The topological polar surface area (TPSA) is 93.0 Å². The highest BCUT2D eigenvalue weighted by Gasteiger charge is 2.24. The van der Waals surface area contributed by atoms with Crippen molar-refractivity contribution in [2.75, 3.05) is 30.1 Å². The first kappa shape index (κ1) is 19.3. The molecule has 8 nitrogen and oxygen atoms in total. The monoisotopic (exact) mass is 421 g/mol. The number of ether oxygens (including phenoxy) is 2. The van der Waals surface area contributed by atoms with Crippen LogP contribution in [0.3, 0.4) is 0 Å². The van der Waals surface area contributed by atoms with Gasteiger partial charge in [-0.1, -0.05) is 0 Å². The fourth-order valence-electron chi connectivity index (χ4n) is 4.22. The molecule has 0 spiro atoms. The average molecular weight is 421 g/mol. The third kappa shape index (κ3) is 3.34. The van der Waals surface area contributed by atoms with Crippen LogP contribution in [-0.4, -0.2) is 35.5 Å². The van der Waals surface area contributed by atoms with E-state index in [1.54, 1.807) is 19.2 Å². The number of aryl methyl sites for hydroxylation is 1. The zero-order valence-corrected chi connectivity index (χ0v) is 17.2. The smallest absolute Gasteiger partial charge is 0.267 e. The summed E-state index contributed by atoms with van der Waals surface area (Å²) in [5, 5.41) is 13.8. The van der Waals surface area contributed by atoms with Gasteiger partial charge >= 0.3 is 0 Å². The van der Waals surface area contributed by atoms with E-state index in [1.807, 2.05) is 24.3 Å². The maximum Gasteiger partial charge on any atom is 0.267 e. The minimum absolute atomic E-state index is 0.0706. The Morgan fingerprint density at radius 3 is 2.42 bits per heavy atom. The van der Waals surface area contributed by atoms with Crippen molar-refractivity contribution in [2.24, 2.45) is 7.05 Å². The molecule has 1 aromatic heterocycles. The molecule has 8 heteroatoms. The predicted molar refractivity (Wildman–Crippen MR) is 117 cm³/mol. The molecule has 0 aliphatic carbocycles. The lowest BCUT2D eigenvalue weighted by Gasteiger charge is -2.28. The number of rotatable bonds is 3. The van der Waals surface area contributed by atoms with E-state index in [0.29, 0.717) is 28.1 Å².